The third kappa shape index (κ3) is 3.54. The van der Waals surface area contributed by atoms with E-state index in [-0.39, 0.29) is 6.54 Å². The van der Waals surface area contributed by atoms with Gasteiger partial charge in [0.15, 0.2) is 17.5 Å². The molecule has 0 fully saturated rings. The van der Waals surface area contributed by atoms with Crippen LogP contribution in [0.15, 0.2) is 30.3 Å². The third-order valence-corrected chi connectivity index (χ3v) is 3.44. The Balaban J connectivity index is 2.14. The Kier molecular flexibility index (Phi) is 4.57. The van der Waals surface area contributed by atoms with Gasteiger partial charge in [-0.1, -0.05) is 11.6 Å². The standard InChI is InChI=1S/C13H8ClF3IN/c14-9-5-8(18)1-2-12(9)19-6-7-3-10(15)13(17)11(16)4-7/h1-5,19H,6H2. The monoisotopic (exact) mass is 397 g/mol. The first-order chi connectivity index (χ1) is 8.97. The normalized spacial score (nSPS) is 10.6. The molecule has 0 heterocycles. The highest BCUT2D eigenvalue weighted by Gasteiger charge is 2.10. The highest BCUT2D eigenvalue weighted by Crippen LogP contribution is 2.24. The second-order valence-electron chi connectivity index (χ2n) is 3.85. The molecule has 1 N–H and O–H groups in total. The van der Waals surface area contributed by atoms with Gasteiger partial charge >= 0.3 is 0 Å². The topological polar surface area (TPSA) is 12.0 Å². The minimum absolute atomic E-state index is 0.147. The molecule has 100 valence electrons. The third-order valence-electron chi connectivity index (χ3n) is 2.46. The number of rotatable bonds is 3. The zero-order valence-corrected chi connectivity index (χ0v) is 12.4. The predicted octanol–water partition coefficient (Wildman–Crippen LogP) is 4.97. The fraction of sp³-hybridized carbons (Fsp3) is 0.0769. The Morgan fingerprint density at radius 1 is 1.05 bits per heavy atom. The van der Waals surface area contributed by atoms with Crippen molar-refractivity contribution >= 4 is 39.9 Å². The number of halogens is 5. The van der Waals surface area contributed by atoms with Crippen molar-refractivity contribution in [2.75, 3.05) is 5.32 Å². The van der Waals surface area contributed by atoms with Crippen LogP contribution in [0.2, 0.25) is 5.02 Å². The van der Waals surface area contributed by atoms with Gasteiger partial charge in [-0.2, -0.15) is 0 Å². The van der Waals surface area contributed by atoms with Crippen LogP contribution in [0.5, 0.6) is 0 Å². The van der Waals surface area contributed by atoms with Gasteiger partial charge in [-0.25, -0.2) is 13.2 Å². The van der Waals surface area contributed by atoms with Gasteiger partial charge in [0.05, 0.1) is 10.7 Å². The van der Waals surface area contributed by atoms with E-state index in [1.165, 1.54) is 0 Å². The van der Waals surface area contributed by atoms with E-state index in [1.54, 1.807) is 12.1 Å². The molecular formula is C13H8ClF3IN. The van der Waals surface area contributed by atoms with Crippen LogP contribution in [-0.2, 0) is 6.54 Å². The van der Waals surface area contributed by atoms with Crippen LogP contribution in [0.1, 0.15) is 5.56 Å². The minimum atomic E-state index is -1.46. The van der Waals surface area contributed by atoms with Crippen molar-refractivity contribution < 1.29 is 13.2 Å². The zero-order valence-electron chi connectivity index (χ0n) is 9.48. The van der Waals surface area contributed by atoms with E-state index < -0.39 is 17.5 Å². The molecule has 0 bridgehead atoms. The van der Waals surface area contributed by atoms with Crippen molar-refractivity contribution in [1.29, 1.82) is 0 Å². The van der Waals surface area contributed by atoms with Gasteiger partial charge in [0.1, 0.15) is 0 Å². The van der Waals surface area contributed by atoms with Crippen molar-refractivity contribution in [2.24, 2.45) is 0 Å². The smallest absolute Gasteiger partial charge is 0.194 e. The zero-order chi connectivity index (χ0) is 14.0. The van der Waals surface area contributed by atoms with Crippen molar-refractivity contribution in [2.45, 2.75) is 6.54 Å². The summed E-state index contributed by atoms with van der Waals surface area (Å²) in [6.45, 7) is 0.147. The first kappa shape index (κ1) is 14.5. The van der Waals surface area contributed by atoms with Crippen molar-refractivity contribution in [3.8, 4) is 0 Å². The predicted molar refractivity (Wildman–Crippen MR) is 77.8 cm³/mol. The van der Waals surface area contributed by atoms with E-state index in [0.717, 1.165) is 15.7 Å². The van der Waals surface area contributed by atoms with Crippen LogP contribution in [0.25, 0.3) is 0 Å². The summed E-state index contributed by atoms with van der Waals surface area (Å²) in [5.74, 6) is -3.87. The maximum atomic E-state index is 13.0. The molecule has 0 radical (unpaired) electrons. The lowest BCUT2D eigenvalue weighted by Crippen LogP contribution is -2.02. The summed E-state index contributed by atoms with van der Waals surface area (Å²) < 4.78 is 39.8. The molecule has 0 saturated heterocycles. The molecule has 0 aliphatic carbocycles. The fourth-order valence-electron chi connectivity index (χ4n) is 1.54. The molecule has 6 heteroatoms. The summed E-state index contributed by atoms with van der Waals surface area (Å²) >= 11 is 8.13. The van der Waals surface area contributed by atoms with Gasteiger partial charge < -0.3 is 5.32 Å². The van der Waals surface area contributed by atoms with E-state index in [0.29, 0.717) is 16.3 Å². The maximum Gasteiger partial charge on any atom is 0.194 e. The Bertz CT molecular complexity index is 596. The second kappa shape index (κ2) is 6.00. The van der Waals surface area contributed by atoms with Crippen LogP contribution in [0.4, 0.5) is 18.9 Å². The van der Waals surface area contributed by atoms with E-state index >= 15 is 0 Å². The molecule has 0 spiro atoms. The molecular weight excluding hydrogens is 390 g/mol. The van der Waals surface area contributed by atoms with Crippen LogP contribution < -0.4 is 5.32 Å². The number of benzene rings is 2. The van der Waals surface area contributed by atoms with Crippen molar-refractivity contribution in [1.82, 2.24) is 0 Å². The molecule has 2 rings (SSSR count). The Morgan fingerprint density at radius 3 is 2.26 bits per heavy atom. The van der Waals surface area contributed by atoms with E-state index in [9.17, 15) is 13.2 Å². The minimum Gasteiger partial charge on any atom is -0.380 e. The molecule has 0 saturated carbocycles. The second-order valence-corrected chi connectivity index (χ2v) is 5.50. The van der Waals surface area contributed by atoms with Crippen molar-refractivity contribution in [3.05, 3.63) is 61.9 Å². The number of anilines is 1. The van der Waals surface area contributed by atoms with E-state index in [4.69, 9.17) is 11.6 Å². The molecule has 0 atom stereocenters. The Morgan fingerprint density at radius 2 is 1.68 bits per heavy atom. The highest BCUT2D eigenvalue weighted by molar-refractivity contribution is 14.1. The summed E-state index contributed by atoms with van der Waals surface area (Å²) in [7, 11) is 0. The SMILES string of the molecule is Fc1cc(CNc2ccc(I)cc2Cl)cc(F)c1F. The van der Waals surface area contributed by atoms with Crippen LogP contribution in [0, 0.1) is 21.0 Å². The first-order valence-corrected chi connectivity index (χ1v) is 6.75. The lowest BCUT2D eigenvalue weighted by molar-refractivity contribution is 0.445. The van der Waals surface area contributed by atoms with Gasteiger partial charge in [-0.15, -0.1) is 0 Å². The number of nitrogens with one attached hydrogen (secondary N) is 1. The molecule has 0 amide bonds. The average Bonchev–Trinajstić information content (AvgIpc) is 2.34. The first-order valence-electron chi connectivity index (χ1n) is 5.29. The van der Waals surface area contributed by atoms with Gasteiger partial charge in [0, 0.05) is 10.1 Å². The van der Waals surface area contributed by atoms with E-state index in [2.05, 4.69) is 27.9 Å². The van der Waals surface area contributed by atoms with Crippen LogP contribution >= 0.6 is 34.2 Å². The number of hydrogen-bond donors (Lipinski definition) is 1. The lowest BCUT2D eigenvalue weighted by Gasteiger charge is -2.09. The molecule has 19 heavy (non-hydrogen) atoms. The average molecular weight is 398 g/mol. The summed E-state index contributed by atoms with van der Waals surface area (Å²) in [5.41, 5.74) is 0.943. The molecule has 0 aliphatic heterocycles. The summed E-state index contributed by atoms with van der Waals surface area (Å²) in [4.78, 5) is 0. The van der Waals surface area contributed by atoms with Gasteiger partial charge in [0.25, 0.3) is 0 Å². The van der Waals surface area contributed by atoms with Crippen LogP contribution in [0.3, 0.4) is 0 Å². The highest BCUT2D eigenvalue weighted by atomic mass is 127. The molecule has 2 aromatic rings. The summed E-state index contributed by atoms with van der Waals surface area (Å²) in [5, 5.41) is 3.45. The Labute approximate surface area is 126 Å². The molecule has 0 aromatic heterocycles. The van der Waals surface area contributed by atoms with Gasteiger partial charge in [-0.3, -0.25) is 0 Å². The van der Waals surface area contributed by atoms with Crippen molar-refractivity contribution in [3.63, 3.8) is 0 Å². The molecule has 1 nitrogen and oxygen atoms in total. The van der Waals surface area contributed by atoms with Gasteiger partial charge in [-0.05, 0) is 58.5 Å². The molecule has 2 aromatic carbocycles. The number of hydrogen-bond acceptors (Lipinski definition) is 1. The van der Waals surface area contributed by atoms with Gasteiger partial charge in [0.2, 0.25) is 0 Å². The van der Waals surface area contributed by atoms with Crippen LogP contribution in [-0.4, -0.2) is 0 Å². The largest absolute Gasteiger partial charge is 0.380 e. The quantitative estimate of drug-likeness (QED) is 0.569. The molecule has 0 unspecified atom stereocenters. The maximum absolute atomic E-state index is 13.0. The molecule has 0 aliphatic rings. The summed E-state index contributed by atoms with van der Waals surface area (Å²) in [6, 6.07) is 7.27. The van der Waals surface area contributed by atoms with E-state index in [1.807, 2.05) is 6.07 Å². The lowest BCUT2D eigenvalue weighted by atomic mass is 10.2. The fourth-order valence-corrected chi connectivity index (χ4v) is 2.46. The summed E-state index contributed by atoms with van der Waals surface area (Å²) in [6.07, 6.45) is 0. The Hall–Kier alpha value is -0.950.